The lowest BCUT2D eigenvalue weighted by molar-refractivity contribution is -0.118. The molecule has 0 bridgehead atoms. The van der Waals surface area contributed by atoms with Gasteiger partial charge in [-0.25, -0.2) is 0 Å². The minimum atomic E-state index is -0.433. The molecule has 0 unspecified atom stereocenters. The van der Waals surface area contributed by atoms with Gasteiger partial charge in [0.05, 0.1) is 24.2 Å². The second-order valence-corrected chi connectivity index (χ2v) is 5.18. The molecule has 1 atom stereocenters. The maximum absolute atomic E-state index is 12.5. The first-order chi connectivity index (χ1) is 11.2. The van der Waals surface area contributed by atoms with E-state index in [0.717, 1.165) is 22.8 Å². The van der Waals surface area contributed by atoms with Crippen LogP contribution in [0.3, 0.4) is 0 Å². The molecule has 5 heteroatoms. The van der Waals surface area contributed by atoms with E-state index in [9.17, 15) is 4.79 Å². The van der Waals surface area contributed by atoms with Crippen LogP contribution < -0.4 is 9.75 Å². The van der Waals surface area contributed by atoms with Crippen molar-refractivity contribution >= 4 is 29.2 Å². The van der Waals surface area contributed by atoms with Gasteiger partial charge in [-0.15, -0.1) is 0 Å². The molecule has 23 heavy (non-hydrogen) atoms. The van der Waals surface area contributed by atoms with Crippen molar-refractivity contribution in [3.05, 3.63) is 54.6 Å². The predicted octanol–water partition coefficient (Wildman–Crippen LogP) is 3.44. The summed E-state index contributed by atoms with van der Waals surface area (Å²) >= 11 is 0. The highest BCUT2D eigenvalue weighted by Crippen LogP contribution is 2.24. The van der Waals surface area contributed by atoms with Gasteiger partial charge in [0.25, 0.3) is 5.91 Å². The van der Waals surface area contributed by atoms with Gasteiger partial charge in [0.2, 0.25) is 0 Å². The first-order valence-corrected chi connectivity index (χ1v) is 7.31. The summed E-state index contributed by atoms with van der Waals surface area (Å²) in [6.45, 7) is 1.84. The van der Waals surface area contributed by atoms with E-state index < -0.39 is 5.92 Å². The number of aliphatic imine (C=N–C) groups is 1. The van der Waals surface area contributed by atoms with Gasteiger partial charge >= 0.3 is 0 Å². The van der Waals surface area contributed by atoms with Gasteiger partial charge in [0.1, 0.15) is 11.7 Å². The summed E-state index contributed by atoms with van der Waals surface area (Å²) in [4.78, 5) is 16.9. The molecule has 0 saturated carbocycles. The zero-order valence-corrected chi connectivity index (χ0v) is 13.0. The molecule has 0 spiro atoms. The predicted molar refractivity (Wildman–Crippen MR) is 91.7 cm³/mol. The standard InChI is InChI=1S/C18H17N3O2/c1-13-17(12-19-14-8-10-16(23-2)11-9-14)18(22)21(20-13)15-6-4-3-5-7-15/h3-12,17H,1-2H3/t17-/m1/s1. The fourth-order valence-electron chi connectivity index (χ4n) is 2.33. The number of ether oxygens (including phenoxy) is 1. The number of hydrogen-bond acceptors (Lipinski definition) is 4. The topological polar surface area (TPSA) is 54.3 Å². The largest absolute Gasteiger partial charge is 0.497 e. The maximum Gasteiger partial charge on any atom is 0.261 e. The third-order valence-electron chi connectivity index (χ3n) is 3.63. The molecule has 0 fully saturated rings. The number of para-hydroxylation sites is 1. The number of carbonyl (C=O) groups excluding carboxylic acids is 1. The lowest BCUT2D eigenvalue weighted by Crippen LogP contribution is -2.27. The Morgan fingerprint density at radius 1 is 1.13 bits per heavy atom. The van der Waals surface area contributed by atoms with Crippen molar-refractivity contribution in [2.45, 2.75) is 6.92 Å². The van der Waals surface area contributed by atoms with Crippen LogP contribution in [0, 0.1) is 5.92 Å². The quantitative estimate of drug-likeness (QED) is 0.813. The molecular formula is C18H17N3O2. The van der Waals surface area contributed by atoms with Crippen LogP contribution in [0.5, 0.6) is 5.75 Å². The lowest BCUT2D eigenvalue weighted by Gasteiger charge is -2.12. The van der Waals surface area contributed by atoms with Crippen molar-refractivity contribution in [3.8, 4) is 5.75 Å². The van der Waals surface area contributed by atoms with Gasteiger partial charge < -0.3 is 4.74 Å². The fourth-order valence-corrected chi connectivity index (χ4v) is 2.33. The monoisotopic (exact) mass is 307 g/mol. The van der Waals surface area contributed by atoms with E-state index in [2.05, 4.69) is 10.1 Å². The van der Waals surface area contributed by atoms with Crippen LogP contribution in [0.15, 0.2) is 64.7 Å². The molecule has 116 valence electrons. The van der Waals surface area contributed by atoms with E-state index in [4.69, 9.17) is 4.74 Å². The van der Waals surface area contributed by atoms with E-state index in [0.29, 0.717) is 0 Å². The number of hydrazone groups is 1. The number of anilines is 1. The average molecular weight is 307 g/mol. The number of rotatable bonds is 4. The average Bonchev–Trinajstić information content (AvgIpc) is 2.88. The molecule has 1 amide bonds. The van der Waals surface area contributed by atoms with Gasteiger partial charge in [-0.05, 0) is 43.3 Å². The molecule has 0 radical (unpaired) electrons. The van der Waals surface area contributed by atoms with E-state index in [1.165, 1.54) is 5.01 Å². The van der Waals surface area contributed by atoms with Crippen LogP contribution in [0.4, 0.5) is 11.4 Å². The van der Waals surface area contributed by atoms with E-state index in [-0.39, 0.29) is 5.91 Å². The first kappa shape index (κ1) is 15.0. The number of benzene rings is 2. The molecule has 0 aliphatic carbocycles. The van der Waals surface area contributed by atoms with Crippen molar-refractivity contribution in [2.75, 3.05) is 12.1 Å². The Morgan fingerprint density at radius 3 is 2.48 bits per heavy atom. The van der Waals surface area contributed by atoms with E-state index in [1.54, 1.807) is 13.3 Å². The van der Waals surface area contributed by atoms with Crippen molar-refractivity contribution in [2.24, 2.45) is 16.0 Å². The molecule has 1 aliphatic heterocycles. The number of hydrogen-bond donors (Lipinski definition) is 0. The molecule has 2 aromatic carbocycles. The molecular weight excluding hydrogens is 290 g/mol. The summed E-state index contributed by atoms with van der Waals surface area (Å²) in [5, 5.41) is 5.78. The highest BCUT2D eigenvalue weighted by Gasteiger charge is 2.33. The van der Waals surface area contributed by atoms with E-state index >= 15 is 0 Å². The second-order valence-electron chi connectivity index (χ2n) is 5.18. The van der Waals surface area contributed by atoms with Gasteiger partial charge in [-0.2, -0.15) is 10.1 Å². The van der Waals surface area contributed by atoms with Crippen molar-refractivity contribution in [1.82, 2.24) is 0 Å². The Bertz CT molecular complexity index is 752. The van der Waals surface area contributed by atoms with Crippen LogP contribution >= 0.6 is 0 Å². The highest BCUT2D eigenvalue weighted by atomic mass is 16.5. The fraction of sp³-hybridized carbons (Fsp3) is 0.167. The Labute approximate surface area is 134 Å². The number of amides is 1. The highest BCUT2D eigenvalue weighted by molar-refractivity contribution is 6.23. The van der Waals surface area contributed by atoms with Crippen LogP contribution in [-0.4, -0.2) is 24.9 Å². The number of carbonyl (C=O) groups is 1. The summed E-state index contributed by atoms with van der Waals surface area (Å²) < 4.78 is 5.11. The molecule has 3 rings (SSSR count). The minimum Gasteiger partial charge on any atom is -0.497 e. The van der Waals surface area contributed by atoms with E-state index in [1.807, 2.05) is 61.5 Å². The van der Waals surface area contributed by atoms with Crippen molar-refractivity contribution in [1.29, 1.82) is 0 Å². The molecule has 0 aromatic heterocycles. The Kier molecular flexibility index (Phi) is 4.19. The molecule has 2 aromatic rings. The smallest absolute Gasteiger partial charge is 0.261 e. The number of methoxy groups -OCH3 is 1. The molecule has 1 aliphatic rings. The Hall–Kier alpha value is -2.95. The molecule has 5 nitrogen and oxygen atoms in total. The zero-order valence-electron chi connectivity index (χ0n) is 13.0. The van der Waals surface area contributed by atoms with Crippen LogP contribution in [-0.2, 0) is 4.79 Å². The van der Waals surface area contributed by atoms with Gasteiger partial charge in [0.15, 0.2) is 0 Å². The SMILES string of the molecule is COc1ccc(N=C[C@H]2C(=O)N(c3ccccc3)N=C2C)cc1. The summed E-state index contributed by atoms with van der Waals surface area (Å²) in [6, 6.07) is 16.7. The third kappa shape index (κ3) is 3.13. The van der Waals surface area contributed by atoms with Crippen LogP contribution in [0.2, 0.25) is 0 Å². The summed E-state index contributed by atoms with van der Waals surface area (Å²) in [6.07, 6.45) is 1.64. The lowest BCUT2D eigenvalue weighted by atomic mass is 10.1. The molecule has 1 heterocycles. The third-order valence-corrected chi connectivity index (χ3v) is 3.63. The maximum atomic E-state index is 12.5. The Balaban J connectivity index is 1.77. The first-order valence-electron chi connectivity index (χ1n) is 7.31. The number of nitrogens with zero attached hydrogens (tertiary/aromatic N) is 3. The Morgan fingerprint density at radius 2 is 1.83 bits per heavy atom. The molecule has 0 saturated heterocycles. The normalized spacial score (nSPS) is 17.7. The second kappa shape index (κ2) is 6.44. The van der Waals surface area contributed by atoms with Gasteiger partial charge in [-0.1, -0.05) is 18.2 Å². The summed E-state index contributed by atoms with van der Waals surface area (Å²) in [5.74, 6) is 0.247. The van der Waals surface area contributed by atoms with Crippen molar-refractivity contribution in [3.63, 3.8) is 0 Å². The summed E-state index contributed by atoms with van der Waals surface area (Å²) in [7, 11) is 1.62. The van der Waals surface area contributed by atoms with Crippen molar-refractivity contribution < 1.29 is 9.53 Å². The molecule has 0 N–H and O–H groups in total. The minimum absolute atomic E-state index is 0.0917. The van der Waals surface area contributed by atoms with Crippen LogP contribution in [0.1, 0.15) is 6.92 Å². The summed E-state index contributed by atoms with van der Waals surface area (Å²) in [5.41, 5.74) is 2.26. The van der Waals surface area contributed by atoms with Gasteiger partial charge in [0, 0.05) is 6.21 Å². The van der Waals surface area contributed by atoms with Gasteiger partial charge in [-0.3, -0.25) is 9.79 Å². The zero-order chi connectivity index (χ0) is 16.2. The van der Waals surface area contributed by atoms with Crippen LogP contribution in [0.25, 0.3) is 0 Å².